The second-order valence-corrected chi connectivity index (χ2v) is 5.93. The van der Waals surface area contributed by atoms with Crippen LogP contribution in [0.4, 0.5) is 4.39 Å². The van der Waals surface area contributed by atoms with Crippen LogP contribution in [-0.2, 0) is 5.75 Å². The zero-order chi connectivity index (χ0) is 16.1. The van der Waals surface area contributed by atoms with Gasteiger partial charge in [0.05, 0.1) is 17.0 Å². The Morgan fingerprint density at radius 1 is 0.957 bits per heavy atom. The third-order valence-electron chi connectivity index (χ3n) is 3.36. The lowest BCUT2D eigenvalue weighted by Crippen LogP contribution is -1.96. The van der Waals surface area contributed by atoms with E-state index in [1.165, 1.54) is 6.07 Å². The van der Waals surface area contributed by atoms with Gasteiger partial charge < -0.3 is 0 Å². The van der Waals surface area contributed by atoms with Gasteiger partial charge in [0, 0.05) is 16.2 Å². The highest BCUT2D eigenvalue weighted by molar-refractivity contribution is 7.98. The number of hydrogen-bond donors (Lipinski definition) is 0. The van der Waals surface area contributed by atoms with Gasteiger partial charge in [-0.15, -0.1) is 11.8 Å². The van der Waals surface area contributed by atoms with Crippen molar-refractivity contribution < 1.29 is 4.39 Å². The number of rotatable bonds is 4. The molecule has 0 saturated carbocycles. The average molecular weight is 320 g/mol. The van der Waals surface area contributed by atoms with Gasteiger partial charge in [0.15, 0.2) is 0 Å². The Morgan fingerprint density at radius 2 is 1.70 bits per heavy atom. The number of pyridine rings is 1. The Hall–Kier alpha value is -2.64. The van der Waals surface area contributed by atoms with Gasteiger partial charge in [-0.3, -0.25) is 4.98 Å². The number of nitrogens with zero attached hydrogens (tertiary/aromatic N) is 2. The van der Waals surface area contributed by atoms with E-state index >= 15 is 0 Å². The molecule has 0 aliphatic rings. The molecule has 1 aromatic heterocycles. The summed E-state index contributed by atoms with van der Waals surface area (Å²) in [5.41, 5.74) is 2.18. The molecule has 23 heavy (non-hydrogen) atoms. The van der Waals surface area contributed by atoms with Crippen LogP contribution in [0.2, 0.25) is 0 Å². The molecule has 0 spiro atoms. The van der Waals surface area contributed by atoms with Crippen LogP contribution >= 0.6 is 11.8 Å². The fourth-order valence-electron chi connectivity index (χ4n) is 2.20. The number of aromatic nitrogens is 1. The Labute approximate surface area is 138 Å². The summed E-state index contributed by atoms with van der Waals surface area (Å²) in [5.74, 6) is 0.251. The Balaban J connectivity index is 1.91. The average Bonchev–Trinajstić information content (AvgIpc) is 2.61. The number of hydrogen-bond acceptors (Lipinski definition) is 3. The highest BCUT2D eigenvalue weighted by Gasteiger charge is 2.10. The van der Waals surface area contributed by atoms with Crippen molar-refractivity contribution in [3.8, 4) is 17.3 Å². The largest absolute Gasteiger partial charge is 0.250 e. The minimum Gasteiger partial charge on any atom is -0.250 e. The quantitative estimate of drug-likeness (QED) is 0.631. The Morgan fingerprint density at radius 3 is 2.43 bits per heavy atom. The number of nitriles is 1. The molecule has 0 amide bonds. The summed E-state index contributed by atoms with van der Waals surface area (Å²) >= 11 is 1.60. The van der Waals surface area contributed by atoms with Crippen LogP contribution in [0.5, 0.6) is 0 Å². The maximum Gasteiger partial charge on any atom is 0.132 e. The summed E-state index contributed by atoms with van der Waals surface area (Å²) in [5, 5.41) is 9.26. The van der Waals surface area contributed by atoms with E-state index in [9.17, 15) is 9.65 Å². The van der Waals surface area contributed by atoms with Gasteiger partial charge in [-0.05, 0) is 36.4 Å². The van der Waals surface area contributed by atoms with Crippen molar-refractivity contribution in [2.24, 2.45) is 0 Å². The SMILES string of the molecule is N#Cc1ccc(-c2ccccc2F)nc1CSc1ccccc1. The van der Waals surface area contributed by atoms with E-state index in [2.05, 4.69) is 11.1 Å². The van der Waals surface area contributed by atoms with E-state index in [1.54, 1.807) is 42.1 Å². The van der Waals surface area contributed by atoms with Crippen LogP contribution in [0.15, 0.2) is 71.6 Å². The first-order valence-corrected chi connectivity index (χ1v) is 8.09. The van der Waals surface area contributed by atoms with Crippen molar-refractivity contribution in [1.29, 1.82) is 5.26 Å². The predicted molar refractivity (Wildman–Crippen MR) is 90.3 cm³/mol. The fourth-order valence-corrected chi connectivity index (χ4v) is 3.07. The minimum absolute atomic E-state index is 0.314. The van der Waals surface area contributed by atoms with Crippen molar-refractivity contribution in [3.63, 3.8) is 0 Å². The van der Waals surface area contributed by atoms with E-state index in [4.69, 9.17) is 0 Å². The van der Waals surface area contributed by atoms with E-state index < -0.39 is 0 Å². The highest BCUT2D eigenvalue weighted by Crippen LogP contribution is 2.26. The molecule has 0 unspecified atom stereocenters. The third-order valence-corrected chi connectivity index (χ3v) is 4.39. The molecule has 0 atom stereocenters. The van der Waals surface area contributed by atoms with Crippen LogP contribution in [0.3, 0.4) is 0 Å². The topological polar surface area (TPSA) is 36.7 Å². The van der Waals surface area contributed by atoms with Crippen LogP contribution in [0.25, 0.3) is 11.3 Å². The van der Waals surface area contributed by atoms with Crippen molar-refractivity contribution in [3.05, 3.63) is 83.8 Å². The van der Waals surface area contributed by atoms with E-state index in [1.807, 2.05) is 30.3 Å². The molecule has 0 aliphatic carbocycles. The summed E-state index contributed by atoms with van der Waals surface area (Å²) in [6.07, 6.45) is 0. The number of thioether (sulfide) groups is 1. The number of benzene rings is 2. The van der Waals surface area contributed by atoms with E-state index in [0.717, 1.165) is 4.90 Å². The molecule has 0 aliphatic heterocycles. The van der Waals surface area contributed by atoms with Gasteiger partial charge in [-0.25, -0.2) is 4.39 Å². The summed E-state index contributed by atoms with van der Waals surface area (Å²) in [6, 6.07) is 22.0. The van der Waals surface area contributed by atoms with Crippen molar-refractivity contribution in [2.75, 3.05) is 0 Å². The molecule has 0 radical (unpaired) electrons. The van der Waals surface area contributed by atoms with Gasteiger partial charge in [-0.1, -0.05) is 30.3 Å². The third kappa shape index (κ3) is 3.58. The van der Waals surface area contributed by atoms with Crippen LogP contribution < -0.4 is 0 Å². The van der Waals surface area contributed by atoms with Gasteiger partial charge in [0.2, 0.25) is 0 Å². The first kappa shape index (κ1) is 15.3. The Bertz CT molecular complexity index is 857. The molecule has 0 fully saturated rings. The minimum atomic E-state index is -0.314. The van der Waals surface area contributed by atoms with Crippen LogP contribution in [0, 0.1) is 17.1 Å². The molecule has 112 valence electrons. The van der Waals surface area contributed by atoms with Crippen molar-refractivity contribution in [1.82, 2.24) is 4.98 Å². The molecule has 2 nitrogen and oxygen atoms in total. The summed E-state index contributed by atoms with van der Waals surface area (Å²) in [7, 11) is 0. The molecule has 4 heteroatoms. The van der Waals surface area contributed by atoms with Crippen molar-refractivity contribution >= 4 is 11.8 Å². The van der Waals surface area contributed by atoms with Gasteiger partial charge >= 0.3 is 0 Å². The second-order valence-electron chi connectivity index (χ2n) is 4.88. The molecule has 0 bridgehead atoms. The highest BCUT2D eigenvalue weighted by atomic mass is 32.2. The first-order chi connectivity index (χ1) is 11.3. The van der Waals surface area contributed by atoms with Gasteiger partial charge in [-0.2, -0.15) is 5.26 Å². The summed E-state index contributed by atoms with van der Waals surface area (Å²) in [6.45, 7) is 0. The summed E-state index contributed by atoms with van der Waals surface area (Å²) in [4.78, 5) is 5.61. The van der Waals surface area contributed by atoms with Crippen LogP contribution in [0.1, 0.15) is 11.3 Å². The number of halogens is 1. The zero-order valence-electron chi connectivity index (χ0n) is 12.2. The lowest BCUT2D eigenvalue weighted by molar-refractivity contribution is 0.630. The lowest BCUT2D eigenvalue weighted by Gasteiger charge is -2.08. The standard InChI is InChI=1S/C19H13FN2S/c20-17-9-5-4-8-16(17)18-11-10-14(12-21)19(22-18)13-23-15-6-2-1-3-7-15/h1-11H,13H2. The molecule has 3 aromatic rings. The molecule has 0 N–H and O–H groups in total. The molecule has 1 heterocycles. The maximum atomic E-state index is 13.9. The maximum absolute atomic E-state index is 13.9. The normalized spacial score (nSPS) is 10.3. The van der Waals surface area contributed by atoms with E-state index in [0.29, 0.717) is 28.3 Å². The molecular formula is C19H13FN2S. The van der Waals surface area contributed by atoms with Gasteiger partial charge in [0.25, 0.3) is 0 Å². The molecule has 0 saturated heterocycles. The fraction of sp³-hybridized carbons (Fsp3) is 0.0526. The van der Waals surface area contributed by atoms with Crippen molar-refractivity contribution in [2.45, 2.75) is 10.6 Å². The zero-order valence-corrected chi connectivity index (χ0v) is 13.1. The molecule has 3 rings (SSSR count). The predicted octanol–water partition coefficient (Wildman–Crippen LogP) is 5.05. The summed E-state index contributed by atoms with van der Waals surface area (Å²) < 4.78 is 13.9. The Kier molecular flexibility index (Phi) is 4.70. The smallest absolute Gasteiger partial charge is 0.132 e. The second kappa shape index (κ2) is 7.08. The van der Waals surface area contributed by atoms with Gasteiger partial charge in [0.1, 0.15) is 11.9 Å². The monoisotopic (exact) mass is 320 g/mol. The first-order valence-electron chi connectivity index (χ1n) is 7.10. The molecular weight excluding hydrogens is 307 g/mol. The lowest BCUT2D eigenvalue weighted by atomic mass is 10.1. The van der Waals surface area contributed by atoms with E-state index in [-0.39, 0.29) is 5.82 Å². The molecule has 2 aromatic carbocycles. The van der Waals surface area contributed by atoms with Crippen LogP contribution in [-0.4, -0.2) is 4.98 Å².